The Kier molecular flexibility index (Phi) is 6.16. The van der Waals surface area contributed by atoms with Gasteiger partial charge in [0, 0.05) is 13.6 Å². The van der Waals surface area contributed by atoms with Crippen LogP contribution in [-0.2, 0) is 4.79 Å². The number of carboxylic acids is 1. The Labute approximate surface area is 117 Å². The molecule has 0 heterocycles. The van der Waals surface area contributed by atoms with E-state index in [1.165, 1.54) is 7.05 Å². The van der Waals surface area contributed by atoms with Crippen LogP contribution in [0, 0.1) is 5.41 Å². The molecule has 1 saturated carbocycles. The van der Waals surface area contributed by atoms with Gasteiger partial charge in [0.2, 0.25) is 0 Å². The van der Waals surface area contributed by atoms with Crippen molar-refractivity contribution in [1.29, 1.82) is 0 Å². The van der Waals surface area contributed by atoms with E-state index in [2.05, 4.69) is 5.32 Å². The number of carboxylic acid groups (broad SMARTS) is 1. The second kappa shape index (κ2) is 7.40. The Balaban J connectivity index is 2.53. The highest BCUT2D eigenvalue weighted by Crippen LogP contribution is 2.38. The summed E-state index contributed by atoms with van der Waals surface area (Å²) in [4.78, 5) is 23.6. The average Bonchev–Trinajstić information content (AvgIpc) is 2.35. The Morgan fingerprint density at radius 1 is 1.30 bits per heavy atom. The minimum atomic E-state index is -2.58. The molecule has 1 fully saturated rings. The number of halogens is 2. The van der Waals surface area contributed by atoms with Crippen LogP contribution in [0.3, 0.4) is 0 Å². The zero-order chi connectivity index (χ0) is 15.2. The Bertz CT molecular complexity index is 345. The summed E-state index contributed by atoms with van der Waals surface area (Å²) in [6, 6.07) is -0.583. The number of alkyl halides is 2. The van der Waals surface area contributed by atoms with Crippen molar-refractivity contribution in [1.82, 2.24) is 10.2 Å². The van der Waals surface area contributed by atoms with Crippen molar-refractivity contribution in [3.63, 3.8) is 0 Å². The number of hydrogen-bond donors (Lipinski definition) is 2. The van der Waals surface area contributed by atoms with Crippen LogP contribution in [0.15, 0.2) is 0 Å². The Morgan fingerprint density at radius 2 is 1.90 bits per heavy atom. The summed E-state index contributed by atoms with van der Waals surface area (Å²) in [5, 5.41) is 11.6. The monoisotopic (exact) mass is 292 g/mol. The number of nitrogens with one attached hydrogen (secondary N) is 1. The number of rotatable bonds is 6. The molecule has 0 bridgehead atoms. The highest BCUT2D eigenvalue weighted by molar-refractivity contribution is 5.74. The van der Waals surface area contributed by atoms with Crippen molar-refractivity contribution >= 4 is 12.0 Å². The molecule has 0 atom stereocenters. The van der Waals surface area contributed by atoms with Crippen LogP contribution >= 0.6 is 0 Å². The summed E-state index contributed by atoms with van der Waals surface area (Å²) in [7, 11) is 1.30. The lowest BCUT2D eigenvalue weighted by Crippen LogP contribution is -2.46. The molecule has 2 N–H and O–H groups in total. The molecule has 0 unspecified atom stereocenters. The van der Waals surface area contributed by atoms with E-state index in [-0.39, 0.29) is 13.0 Å². The predicted molar refractivity (Wildman–Crippen MR) is 69.8 cm³/mol. The number of carbonyl (C=O) groups excluding carboxylic acids is 1. The number of carbonyl (C=O) groups is 2. The molecule has 1 aliphatic carbocycles. The first-order chi connectivity index (χ1) is 9.34. The number of urea groups is 1. The molecule has 0 spiro atoms. The molecule has 116 valence electrons. The molecule has 1 rings (SSSR count). The summed E-state index contributed by atoms with van der Waals surface area (Å²) in [6.45, 7) is -0.399. The first-order valence-electron chi connectivity index (χ1n) is 6.83. The van der Waals surface area contributed by atoms with E-state index in [0.29, 0.717) is 0 Å². The first kappa shape index (κ1) is 16.7. The molecule has 2 amide bonds. The van der Waals surface area contributed by atoms with E-state index >= 15 is 0 Å². The predicted octanol–water partition coefficient (Wildman–Crippen LogP) is 2.32. The fourth-order valence-electron chi connectivity index (χ4n) is 2.73. The van der Waals surface area contributed by atoms with Crippen molar-refractivity contribution in [2.45, 2.75) is 45.0 Å². The summed E-state index contributed by atoms with van der Waals surface area (Å²) < 4.78 is 24.4. The zero-order valence-corrected chi connectivity index (χ0v) is 11.7. The third-order valence-electron chi connectivity index (χ3n) is 3.81. The summed E-state index contributed by atoms with van der Waals surface area (Å²) >= 11 is 0. The largest absolute Gasteiger partial charge is 0.481 e. The van der Waals surface area contributed by atoms with Crippen molar-refractivity contribution in [2.24, 2.45) is 5.41 Å². The van der Waals surface area contributed by atoms with Gasteiger partial charge in [-0.05, 0) is 18.3 Å². The van der Waals surface area contributed by atoms with Crippen LogP contribution in [-0.4, -0.2) is 48.6 Å². The van der Waals surface area contributed by atoms with Crippen LogP contribution in [0.25, 0.3) is 0 Å². The highest BCUT2D eigenvalue weighted by Gasteiger charge is 2.35. The normalized spacial score (nSPS) is 17.8. The van der Waals surface area contributed by atoms with E-state index in [9.17, 15) is 18.4 Å². The first-order valence-corrected chi connectivity index (χ1v) is 6.83. The maximum absolute atomic E-state index is 12.2. The topological polar surface area (TPSA) is 69.6 Å². The van der Waals surface area contributed by atoms with Crippen molar-refractivity contribution in [2.75, 3.05) is 20.1 Å². The van der Waals surface area contributed by atoms with Crippen LogP contribution in [0.2, 0.25) is 0 Å². The number of nitrogens with zero attached hydrogens (tertiary/aromatic N) is 1. The smallest absolute Gasteiger partial charge is 0.317 e. The molecular formula is C13H22F2N2O3. The van der Waals surface area contributed by atoms with Gasteiger partial charge < -0.3 is 15.3 Å². The lowest BCUT2D eigenvalue weighted by Gasteiger charge is -2.36. The van der Waals surface area contributed by atoms with Gasteiger partial charge in [-0.2, -0.15) is 0 Å². The van der Waals surface area contributed by atoms with Gasteiger partial charge in [0.05, 0.1) is 13.0 Å². The third-order valence-corrected chi connectivity index (χ3v) is 3.81. The van der Waals surface area contributed by atoms with Gasteiger partial charge in [-0.25, -0.2) is 13.6 Å². The molecule has 0 saturated heterocycles. The van der Waals surface area contributed by atoms with Gasteiger partial charge in [0.25, 0.3) is 6.43 Å². The Hall–Kier alpha value is -1.40. The molecule has 7 heteroatoms. The molecule has 1 aliphatic rings. The molecule has 5 nitrogen and oxygen atoms in total. The van der Waals surface area contributed by atoms with Gasteiger partial charge in [-0.3, -0.25) is 4.79 Å². The van der Waals surface area contributed by atoms with Crippen molar-refractivity contribution < 1.29 is 23.5 Å². The standard InChI is InChI=1S/C13H22F2N2O3/c1-17(8-10(14)15)12(20)16-9-13(7-11(18)19)5-3-2-4-6-13/h10H,2-9H2,1H3,(H,16,20)(H,18,19). The minimum Gasteiger partial charge on any atom is -0.481 e. The highest BCUT2D eigenvalue weighted by atomic mass is 19.3. The minimum absolute atomic E-state index is 0.00580. The summed E-state index contributed by atoms with van der Waals surface area (Å²) in [5.74, 6) is -0.887. The van der Waals surface area contributed by atoms with Crippen molar-refractivity contribution in [3.8, 4) is 0 Å². The van der Waals surface area contributed by atoms with Gasteiger partial charge in [-0.15, -0.1) is 0 Å². The zero-order valence-electron chi connectivity index (χ0n) is 11.7. The van der Waals surface area contributed by atoms with Crippen molar-refractivity contribution in [3.05, 3.63) is 0 Å². The lowest BCUT2D eigenvalue weighted by atomic mass is 9.72. The van der Waals surface area contributed by atoms with E-state index in [0.717, 1.165) is 37.0 Å². The van der Waals surface area contributed by atoms with Crippen LogP contribution < -0.4 is 5.32 Å². The van der Waals surface area contributed by atoms with Gasteiger partial charge in [0.1, 0.15) is 0 Å². The molecule has 0 aromatic carbocycles. The molecule has 20 heavy (non-hydrogen) atoms. The summed E-state index contributed by atoms with van der Waals surface area (Å²) in [6.07, 6.45) is 1.88. The van der Waals surface area contributed by atoms with E-state index in [1.807, 2.05) is 0 Å². The lowest BCUT2D eigenvalue weighted by molar-refractivity contribution is -0.140. The van der Waals surface area contributed by atoms with E-state index < -0.39 is 30.4 Å². The quantitative estimate of drug-likeness (QED) is 0.789. The van der Waals surface area contributed by atoms with E-state index in [1.54, 1.807) is 0 Å². The maximum Gasteiger partial charge on any atom is 0.317 e. The molecule has 0 aliphatic heterocycles. The van der Waals surface area contributed by atoms with E-state index in [4.69, 9.17) is 5.11 Å². The molecular weight excluding hydrogens is 270 g/mol. The van der Waals surface area contributed by atoms with Gasteiger partial charge >= 0.3 is 12.0 Å². The van der Waals surface area contributed by atoms with Crippen LogP contribution in [0.5, 0.6) is 0 Å². The summed E-state index contributed by atoms with van der Waals surface area (Å²) in [5.41, 5.74) is -0.439. The van der Waals surface area contributed by atoms with Crippen LogP contribution in [0.4, 0.5) is 13.6 Å². The second-order valence-corrected chi connectivity index (χ2v) is 5.56. The van der Waals surface area contributed by atoms with Crippen LogP contribution in [0.1, 0.15) is 38.5 Å². The average molecular weight is 292 g/mol. The van der Waals surface area contributed by atoms with Gasteiger partial charge in [0.15, 0.2) is 0 Å². The molecule has 0 aromatic heterocycles. The van der Waals surface area contributed by atoms with Gasteiger partial charge in [-0.1, -0.05) is 19.3 Å². The molecule has 0 radical (unpaired) electrons. The number of hydrogen-bond acceptors (Lipinski definition) is 2. The fraction of sp³-hybridized carbons (Fsp3) is 0.846. The Morgan fingerprint density at radius 3 is 2.40 bits per heavy atom. The fourth-order valence-corrected chi connectivity index (χ4v) is 2.73. The maximum atomic E-state index is 12.2. The third kappa shape index (κ3) is 5.30. The number of amides is 2. The molecule has 0 aromatic rings. The SMILES string of the molecule is CN(CC(F)F)C(=O)NCC1(CC(=O)O)CCCCC1. The second-order valence-electron chi connectivity index (χ2n) is 5.56. The number of aliphatic carboxylic acids is 1.